The maximum atomic E-state index is 12.7. The largest absolute Gasteiger partial charge is 0.299 e. The minimum atomic E-state index is -3.31. The number of halogens is 1. The molecule has 1 aromatic heterocycles. The van der Waals surface area contributed by atoms with Crippen LogP contribution in [-0.2, 0) is 10.0 Å². The standard InChI is InChI=1S/C13H19BrN2O2S2/c14-12-5-6-13(19-12)20(17,18)16-9-3-4-11(10-16)15-7-1-2-8-15/h5-6,11H,1-4,7-10H2. The van der Waals surface area contributed by atoms with Crippen LogP contribution in [0.25, 0.3) is 0 Å². The van der Waals surface area contributed by atoms with E-state index < -0.39 is 10.0 Å². The van der Waals surface area contributed by atoms with Crippen LogP contribution in [0.15, 0.2) is 20.1 Å². The van der Waals surface area contributed by atoms with Gasteiger partial charge in [-0.25, -0.2) is 8.42 Å². The first-order chi connectivity index (χ1) is 9.57. The Kier molecular flexibility index (Phi) is 4.52. The third-order valence-electron chi connectivity index (χ3n) is 4.16. The maximum Gasteiger partial charge on any atom is 0.252 e. The monoisotopic (exact) mass is 378 g/mol. The van der Waals surface area contributed by atoms with Gasteiger partial charge in [0.15, 0.2) is 0 Å². The van der Waals surface area contributed by atoms with E-state index in [9.17, 15) is 8.42 Å². The van der Waals surface area contributed by atoms with Crippen LogP contribution in [0.1, 0.15) is 25.7 Å². The van der Waals surface area contributed by atoms with Gasteiger partial charge in [-0.3, -0.25) is 4.90 Å². The minimum Gasteiger partial charge on any atom is -0.299 e. The lowest BCUT2D eigenvalue weighted by atomic mass is 10.1. The van der Waals surface area contributed by atoms with Crippen LogP contribution in [0.2, 0.25) is 0 Å². The van der Waals surface area contributed by atoms with Gasteiger partial charge in [0, 0.05) is 19.1 Å². The van der Waals surface area contributed by atoms with Crippen molar-refractivity contribution < 1.29 is 8.42 Å². The number of thiophene rings is 1. The van der Waals surface area contributed by atoms with Crippen LogP contribution in [-0.4, -0.2) is 49.8 Å². The summed E-state index contributed by atoms with van der Waals surface area (Å²) in [6.07, 6.45) is 4.59. The molecule has 2 saturated heterocycles. The number of hydrogen-bond donors (Lipinski definition) is 0. The average Bonchev–Trinajstić information content (AvgIpc) is 3.10. The van der Waals surface area contributed by atoms with Gasteiger partial charge in [0.1, 0.15) is 4.21 Å². The van der Waals surface area contributed by atoms with E-state index in [1.807, 2.05) is 0 Å². The fourth-order valence-electron chi connectivity index (χ4n) is 3.11. The quantitative estimate of drug-likeness (QED) is 0.811. The van der Waals surface area contributed by atoms with Gasteiger partial charge in [0.25, 0.3) is 10.0 Å². The van der Waals surface area contributed by atoms with Gasteiger partial charge in [-0.15, -0.1) is 11.3 Å². The lowest BCUT2D eigenvalue weighted by molar-refractivity contribution is 0.162. The van der Waals surface area contributed by atoms with Crippen LogP contribution in [0.3, 0.4) is 0 Å². The van der Waals surface area contributed by atoms with Crippen LogP contribution in [0.4, 0.5) is 0 Å². The Morgan fingerprint density at radius 2 is 1.90 bits per heavy atom. The summed E-state index contributed by atoms with van der Waals surface area (Å²) in [7, 11) is -3.31. The molecular weight excluding hydrogens is 360 g/mol. The third-order valence-corrected chi connectivity index (χ3v) is 8.12. The molecule has 7 heteroatoms. The Morgan fingerprint density at radius 1 is 1.15 bits per heavy atom. The molecule has 2 aliphatic rings. The number of piperidine rings is 1. The molecule has 0 amide bonds. The highest BCUT2D eigenvalue weighted by molar-refractivity contribution is 9.11. The Morgan fingerprint density at radius 3 is 2.55 bits per heavy atom. The molecule has 4 nitrogen and oxygen atoms in total. The van der Waals surface area contributed by atoms with Crippen molar-refractivity contribution in [1.82, 2.24) is 9.21 Å². The molecule has 0 bridgehead atoms. The summed E-state index contributed by atoms with van der Waals surface area (Å²) in [6.45, 7) is 3.56. The number of likely N-dealkylation sites (tertiary alicyclic amines) is 1. The van der Waals surface area contributed by atoms with E-state index in [0.29, 0.717) is 23.3 Å². The van der Waals surface area contributed by atoms with Gasteiger partial charge in [-0.05, 0) is 66.8 Å². The Hall–Kier alpha value is 0.0500. The van der Waals surface area contributed by atoms with Gasteiger partial charge in [0.05, 0.1) is 3.79 Å². The number of hydrogen-bond acceptors (Lipinski definition) is 4. The summed E-state index contributed by atoms with van der Waals surface area (Å²) in [5, 5.41) is 0. The van der Waals surface area contributed by atoms with Crippen molar-refractivity contribution in [3.8, 4) is 0 Å². The summed E-state index contributed by atoms with van der Waals surface area (Å²) < 4.78 is 28.3. The molecule has 1 atom stereocenters. The smallest absolute Gasteiger partial charge is 0.252 e. The Bertz CT molecular complexity index is 567. The second-order valence-corrected chi connectivity index (χ2v) is 10.1. The topological polar surface area (TPSA) is 40.6 Å². The predicted molar refractivity (Wildman–Crippen MR) is 84.6 cm³/mol. The van der Waals surface area contributed by atoms with E-state index in [4.69, 9.17) is 0 Å². The zero-order valence-corrected chi connectivity index (χ0v) is 14.5. The molecular formula is C13H19BrN2O2S2. The number of rotatable bonds is 3. The van der Waals surface area contributed by atoms with Crippen molar-refractivity contribution in [2.45, 2.75) is 35.9 Å². The molecule has 0 aliphatic carbocycles. The van der Waals surface area contributed by atoms with Crippen molar-refractivity contribution >= 4 is 37.3 Å². The molecule has 3 heterocycles. The summed E-state index contributed by atoms with van der Waals surface area (Å²) >= 11 is 4.64. The first-order valence-corrected chi connectivity index (χ1v) is 10.1. The number of nitrogens with zero attached hydrogens (tertiary/aromatic N) is 2. The van der Waals surface area contributed by atoms with Crippen molar-refractivity contribution in [2.24, 2.45) is 0 Å². The molecule has 0 saturated carbocycles. The third kappa shape index (κ3) is 2.97. The zero-order valence-electron chi connectivity index (χ0n) is 11.3. The van der Waals surface area contributed by atoms with Crippen molar-refractivity contribution in [3.63, 3.8) is 0 Å². The SMILES string of the molecule is O=S(=O)(c1ccc(Br)s1)N1CCCC(N2CCCC2)C1. The summed E-state index contributed by atoms with van der Waals surface area (Å²) in [6, 6.07) is 3.91. The molecule has 1 unspecified atom stereocenters. The minimum absolute atomic E-state index is 0.407. The van der Waals surface area contributed by atoms with Crippen molar-refractivity contribution in [2.75, 3.05) is 26.2 Å². The van der Waals surface area contributed by atoms with E-state index in [0.717, 1.165) is 29.7 Å². The van der Waals surface area contributed by atoms with Gasteiger partial charge < -0.3 is 0 Å². The fourth-order valence-corrected chi connectivity index (χ4v) is 6.79. The molecule has 20 heavy (non-hydrogen) atoms. The summed E-state index contributed by atoms with van der Waals surface area (Å²) in [4.78, 5) is 2.46. The maximum absolute atomic E-state index is 12.7. The fraction of sp³-hybridized carbons (Fsp3) is 0.692. The number of sulfonamides is 1. The van der Waals surface area contributed by atoms with Crippen LogP contribution in [0.5, 0.6) is 0 Å². The highest BCUT2D eigenvalue weighted by atomic mass is 79.9. The second kappa shape index (κ2) is 6.04. The lowest BCUT2D eigenvalue weighted by Gasteiger charge is -2.36. The Labute approximate surface area is 132 Å². The van der Waals surface area contributed by atoms with E-state index in [-0.39, 0.29) is 0 Å². The van der Waals surface area contributed by atoms with Gasteiger partial charge in [-0.1, -0.05) is 0 Å². The average molecular weight is 379 g/mol. The molecule has 1 aromatic rings. The van der Waals surface area contributed by atoms with Gasteiger partial charge >= 0.3 is 0 Å². The Balaban J connectivity index is 1.75. The molecule has 112 valence electrons. The summed E-state index contributed by atoms with van der Waals surface area (Å²) in [5.41, 5.74) is 0. The van der Waals surface area contributed by atoms with Gasteiger partial charge in [0.2, 0.25) is 0 Å². The molecule has 0 spiro atoms. The summed E-state index contributed by atoms with van der Waals surface area (Å²) in [5.74, 6) is 0. The normalized spacial score (nSPS) is 26.1. The molecule has 0 radical (unpaired) electrons. The van der Waals surface area contributed by atoms with E-state index in [2.05, 4.69) is 20.8 Å². The molecule has 0 N–H and O–H groups in total. The van der Waals surface area contributed by atoms with Crippen LogP contribution < -0.4 is 0 Å². The molecule has 2 aliphatic heterocycles. The first-order valence-electron chi connectivity index (χ1n) is 7.07. The second-order valence-electron chi connectivity index (χ2n) is 5.46. The highest BCUT2D eigenvalue weighted by Crippen LogP contribution is 2.31. The molecule has 2 fully saturated rings. The first kappa shape index (κ1) is 15.0. The molecule has 3 rings (SSSR count). The van der Waals surface area contributed by atoms with E-state index in [1.54, 1.807) is 16.4 Å². The van der Waals surface area contributed by atoms with Crippen LogP contribution in [0, 0.1) is 0 Å². The predicted octanol–water partition coefficient (Wildman–Crippen LogP) is 2.76. The highest BCUT2D eigenvalue weighted by Gasteiger charge is 2.34. The van der Waals surface area contributed by atoms with Gasteiger partial charge in [-0.2, -0.15) is 4.31 Å². The zero-order chi connectivity index (χ0) is 14.2. The van der Waals surface area contributed by atoms with Crippen LogP contribution >= 0.6 is 27.3 Å². The van der Waals surface area contributed by atoms with E-state index in [1.165, 1.54) is 24.2 Å². The van der Waals surface area contributed by atoms with E-state index >= 15 is 0 Å². The molecule has 0 aromatic carbocycles. The van der Waals surface area contributed by atoms with Crippen molar-refractivity contribution in [3.05, 3.63) is 15.9 Å². The lowest BCUT2D eigenvalue weighted by Crippen LogP contribution is -2.48. The van der Waals surface area contributed by atoms with Crippen molar-refractivity contribution in [1.29, 1.82) is 0 Å².